The number of carbonyl (C=O) groups excluding carboxylic acids is 2. The molecule has 0 saturated carbocycles. The van der Waals surface area contributed by atoms with E-state index in [2.05, 4.69) is 18.7 Å². The van der Waals surface area contributed by atoms with Crippen molar-refractivity contribution in [2.75, 3.05) is 72.1 Å². The molecule has 3 amide bonds. The first-order valence-corrected chi connectivity index (χ1v) is 9.64. The molecule has 25 heavy (non-hydrogen) atoms. The molecule has 3 rings (SSSR count). The van der Waals surface area contributed by atoms with Crippen LogP contribution >= 0.6 is 0 Å². The largest absolute Gasteiger partial charge is 0.378 e. The standard InChI is InChI=1S/C18H32N4O3/c1-15-11-16(2)13-22(12-15)17(23)14-19-3-5-20(6-4-19)18(24)21-7-9-25-10-8-21/h15-16H,3-14H2,1-2H3. The van der Waals surface area contributed by atoms with Crippen LogP contribution in [0.2, 0.25) is 0 Å². The number of nitrogens with zero attached hydrogens (tertiary/aromatic N) is 4. The van der Waals surface area contributed by atoms with Gasteiger partial charge in [-0.3, -0.25) is 9.69 Å². The third-order valence-corrected chi connectivity index (χ3v) is 5.50. The average molecular weight is 352 g/mol. The number of ether oxygens (including phenoxy) is 1. The van der Waals surface area contributed by atoms with Gasteiger partial charge in [-0.2, -0.15) is 0 Å². The number of urea groups is 1. The summed E-state index contributed by atoms with van der Waals surface area (Å²) in [5, 5.41) is 0. The van der Waals surface area contributed by atoms with E-state index in [0.29, 0.717) is 57.8 Å². The third kappa shape index (κ3) is 4.85. The molecule has 7 heteroatoms. The molecule has 0 aromatic heterocycles. The van der Waals surface area contributed by atoms with Gasteiger partial charge in [0.25, 0.3) is 0 Å². The Morgan fingerprint density at radius 2 is 1.40 bits per heavy atom. The zero-order valence-corrected chi connectivity index (χ0v) is 15.7. The second kappa shape index (κ2) is 8.36. The molecule has 0 N–H and O–H groups in total. The van der Waals surface area contributed by atoms with E-state index in [4.69, 9.17) is 4.74 Å². The first-order valence-electron chi connectivity index (χ1n) is 9.64. The molecule has 0 aromatic carbocycles. The lowest BCUT2D eigenvalue weighted by molar-refractivity contribution is -0.135. The molecular formula is C18H32N4O3. The maximum atomic E-state index is 12.6. The first kappa shape index (κ1) is 18.5. The average Bonchev–Trinajstić information content (AvgIpc) is 2.61. The predicted molar refractivity (Wildman–Crippen MR) is 95.3 cm³/mol. The van der Waals surface area contributed by atoms with Crippen molar-refractivity contribution in [3.05, 3.63) is 0 Å². The van der Waals surface area contributed by atoms with Crippen molar-refractivity contribution in [3.8, 4) is 0 Å². The van der Waals surface area contributed by atoms with Gasteiger partial charge in [0.1, 0.15) is 0 Å². The van der Waals surface area contributed by atoms with Crippen LogP contribution in [0, 0.1) is 11.8 Å². The topological polar surface area (TPSA) is 56.3 Å². The third-order valence-electron chi connectivity index (χ3n) is 5.50. The molecular weight excluding hydrogens is 320 g/mol. The number of carbonyl (C=O) groups is 2. The fraction of sp³-hybridized carbons (Fsp3) is 0.889. The Morgan fingerprint density at radius 1 is 0.840 bits per heavy atom. The lowest BCUT2D eigenvalue weighted by Crippen LogP contribution is -2.56. The molecule has 3 saturated heterocycles. The van der Waals surface area contributed by atoms with Gasteiger partial charge in [0, 0.05) is 52.4 Å². The predicted octanol–water partition coefficient (Wildman–Crippen LogP) is 0.561. The van der Waals surface area contributed by atoms with E-state index in [9.17, 15) is 9.59 Å². The van der Waals surface area contributed by atoms with E-state index >= 15 is 0 Å². The van der Waals surface area contributed by atoms with Gasteiger partial charge in [0.2, 0.25) is 5.91 Å². The summed E-state index contributed by atoms with van der Waals surface area (Å²) in [6, 6.07) is 0.118. The Morgan fingerprint density at radius 3 is 2.00 bits per heavy atom. The molecule has 0 radical (unpaired) electrons. The van der Waals surface area contributed by atoms with Crippen LogP contribution < -0.4 is 0 Å². The maximum Gasteiger partial charge on any atom is 0.320 e. The molecule has 0 aliphatic carbocycles. The summed E-state index contributed by atoms with van der Waals surface area (Å²) >= 11 is 0. The fourth-order valence-electron chi connectivity index (χ4n) is 4.21. The quantitative estimate of drug-likeness (QED) is 0.729. The number of hydrogen-bond donors (Lipinski definition) is 0. The molecule has 3 aliphatic rings. The van der Waals surface area contributed by atoms with Crippen molar-refractivity contribution in [1.82, 2.24) is 19.6 Å². The lowest BCUT2D eigenvalue weighted by atomic mass is 9.92. The normalized spacial score (nSPS) is 29.0. The minimum atomic E-state index is 0.118. The molecule has 3 fully saturated rings. The summed E-state index contributed by atoms with van der Waals surface area (Å²) in [5.74, 6) is 1.43. The molecule has 2 unspecified atom stereocenters. The molecule has 2 atom stereocenters. The second-order valence-electron chi connectivity index (χ2n) is 7.89. The highest BCUT2D eigenvalue weighted by atomic mass is 16.5. The summed E-state index contributed by atoms with van der Waals surface area (Å²) in [5.41, 5.74) is 0. The Hall–Kier alpha value is -1.34. The van der Waals surface area contributed by atoms with Crippen molar-refractivity contribution >= 4 is 11.9 Å². The lowest BCUT2D eigenvalue weighted by Gasteiger charge is -2.40. The van der Waals surface area contributed by atoms with E-state index in [1.54, 1.807) is 0 Å². The van der Waals surface area contributed by atoms with Crippen molar-refractivity contribution in [2.24, 2.45) is 11.8 Å². The SMILES string of the molecule is CC1CC(C)CN(C(=O)CN2CCN(C(=O)N3CCOCC3)CC2)C1. The maximum absolute atomic E-state index is 12.6. The highest BCUT2D eigenvalue weighted by molar-refractivity contribution is 5.78. The second-order valence-corrected chi connectivity index (χ2v) is 7.89. The minimum Gasteiger partial charge on any atom is -0.378 e. The summed E-state index contributed by atoms with van der Waals surface area (Å²) in [4.78, 5) is 33.1. The van der Waals surface area contributed by atoms with Crippen LogP contribution in [-0.4, -0.2) is 104 Å². The van der Waals surface area contributed by atoms with Crippen LogP contribution in [0.4, 0.5) is 4.79 Å². The molecule has 0 aromatic rings. The van der Waals surface area contributed by atoms with Crippen LogP contribution in [0.15, 0.2) is 0 Å². The number of likely N-dealkylation sites (tertiary alicyclic amines) is 1. The first-order chi connectivity index (χ1) is 12.0. The minimum absolute atomic E-state index is 0.118. The van der Waals surface area contributed by atoms with Crippen LogP contribution in [-0.2, 0) is 9.53 Å². The van der Waals surface area contributed by atoms with E-state index < -0.39 is 0 Å². The van der Waals surface area contributed by atoms with Gasteiger partial charge in [-0.1, -0.05) is 13.8 Å². The van der Waals surface area contributed by atoms with E-state index in [-0.39, 0.29) is 11.9 Å². The summed E-state index contributed by atoms with van der Waals surface area (Å²) < 4.78 is 5.31. The van der Waals surface area contributed by atoms with Crippen LogP contribution in [0.1, 0.15) is 20.3 Å². The van der Waals surface area contributed by atoms with Crippen molar-refractivity contribution in [2.45, 2.75) is 20.3 Å². The van der Waals surface area contributed by atoms with Gasteiger partial charge in [0.15, 0.2) is 0 Å². The summed E-state index contributed by atoms with van der Waals surface area (Å²) in [6.45, 7) is 12.3. The number of rotatable bonds is 2. The van der Waals surface area contributed by atoms with E-state index in [0.717, 1.165) is 26.2 Å². The van der Waals surface area contributed by atoms with Gasteiger partial charge in [-0.25, -0.2) is 4.79 Å². The van der Waals surface area contributed by atoms with E-state index in [1.807, 2.05) is 14.7 Å². The fourth-order valence-corrected chi connectivity index (χ4v) is 4.21. The van der Waals surface area contributed by atoms with Gasteiger partial charge < -0.3 is 19.4 Å². The van der Waals surface area contributed by atoms with Gasteiger partial charge in [-0.05, 0) is 18.3 Å². The number of hydrogen-bond acceptors (Lipinski definition) is 4. The van der Waals surface area contributed by atoms with Crippen molar-refractivity contribution in [3.63, 3.8) is 0 Å². The highest BCUT2D eigenvalue weighted by Crippen LogP contribution is 2.21. The molecule has 3 heterocycles. The summed E-state index contributed by atoms with van der Waals surface area (Å²) in [6.07, 6.45) is 1.21. The Labute approximate surface area is 150 Å². The number of piperidine rings is 1. The van der Waals surface area contributed by atoms with E-state index in [1.165, 1.54) is 6.42 Å². The smallest absolute Gasteiger partial charge is 0.320 e. The Bertz CT molecular complexity index is 463. The molecule has 0 spiro atoms. The van der Waals surface area contributed by atoms with Crippen LogP contribution in [0.3, 0.4) is 0 Å². The molecule has 142 valence electrons. The molecule has 0 bridgehead atoms. The number of piperazine rings is 1. The monoisotopic (exact) mass is 352 g/mol. The molecule has 3 aliphatic heterocycles. The zero-order chi connectivity index (χ0) is 17.8. The van der Waals surface area contributed by atoms with Crippen LogP contribution in [0.5, 0.6) is 0 Å². The van der Waals surface area contributed by atoms with Crippen molar-refractivity contribution < 1.29 is 14.3 Å². The summed E-state index contributed by atoms with van der Waals surface area (Å²) in [7, 11) is 0. The van der Waals surface area contributed by atoms with Crippen molar-refractivity contribution in [1.29, 1.82) is 0 Å². The van der Waals surface area contributed by atoms with Crippen LogP contribution in [0.25, 0.3) is 0 Å². The Kier molecular flexibility index (Phi) is 6.17. The molecule has 7 nitrogen and oxygen atoms in total. The van der Waals surface area contributed by atoms with Gasteiger partial charge in [0.05, 0.1) is 19.8 Å². The number of morpholine rings is 1. The van der Waals surface area contributed by atoms with Gasteiger partial charge >= 0.3 is 6.03 Å². The Balaban J connectivity index is 1.42. The highest BCUT2D eigenvalue weighted by Gasteiger charge is 2.29. The van der Waals surface area contributed by atoms with Gasteiger partial charge in [-0.15, -0.1) is 0 Å². The number of amides is 3. The zero-order valence-electron chi connectivity index (χ0n) is 15.7.